The third kappa shape index (κ3) is 2.97. The van der Waals surface area contributed by atoms with Crippen molar-refractivity contribution in [3.8, 4) is 5.75 Å². The number of anilines is 1. The van der Waals surface area contributed by atoms with Gasteiger partial charge < -0.3 is 15.3 Å². The van der Waals surface area contributed by atoms with E-state index in [2.05, 4.69) is 16.4 Å². The van der Waals surface area contributed by atoms with E-state index in [-0.39, 0.29) is 17.8 Å². The Bertz CT molecular complexity index is 902. The molecule has 3 heterocycles. The van der Waals surface area contributed by atoms with Crippen LogP contribution in [0.1, 0.15) is 22.7 Å². The lowest BCUT2D eigenvalue weighted by Crippen LogP contribution is -2.29. The number of pyridine rings is 1. The molecule has 3 aromatic rings. The van der Waals surface area contributed by atoms with Gasteiger partial charge in [0.25, 0.3) is 0 Å². The van der Waals surface area contributed by atoms with Crippen molar-refractivity contribution in [1.29, 1.82) is 0 Å². The molecule has 1 aliphatic heterocycles. The maximum absolute atomic E-state index is 10.4. The van der Waals surface area contributed by atoms with Crippen molar-refractivity contribution < 1.29 is 5.11 Å². The van der Waals surface area contributed by atoms with E-state index in [4.69, 9.17) is 23.8 Å². The van der Waals surface area contributed by atoms with E-state index >= 15 is 0 Å². The largest absolute Gasteiger partial charge is 0.506 e. The number of rotatable bonds is 3. The zero-order valence-electron chi connectivity index (χ0n) is 13.0. The van der Waals surface area contributed by atoms with Crippen molar-refractivity contribution in [1.82, 2.24) is 10.3 Å². The fraction of sp³-hybridized carbons (Fsp3) is 0.111. The van der Waals surface area contributed by atoms with Crippen molar-refractivity contribution in [2.45, 2.75) is 12.1 Å². The number of benzene rings is 1. The quantitative estimate of drug-likeness (QED) is 0.639. The fourth-order valence-electron chi connectivity index (χ4n) is 3.05. The first-order chi connectivity index (χ1) is 12.1. The lowest BCUT2D eigenvalue weighted by Gasteiger charge is -2.27. The second-order valence-electron chi connectivity index (χ2n) is 5.65. The Hall–Kier alpha value is -2.15. The van der Waals surface area contributed by atoms with E-state index in [1.807, 2.05) is 34.5 Å². The normalized spacial score (nSPS) is 19.9. The number of phenols is 1. The number of thiophene rings is 1. The third-order valence-electron chi connectivity index (χ3n) is 4.13. The van der Waals surface area contributed by atoms with Gasteiger partial charge in [-0.25, -0.2) is 0 Å². The SMILES string of the molecule is Oc1ccc(Cl)cc1N1C(=S)N[C@@H](c2ccccn2)[C@H]1c1cccs1. The van der Waals surface area contributed by atoms with Crippen molar-refractivity contribution in [3.05, 3.63) is 75.7 Å². The minimum absolute atomic E-state index is 0.119. The number of aromatic hydroxyl groups is 1. The molecule has 4 nitrogen and oxygen atoms in total. The Morgan fingerprint density at radius 3 is 2.80 bits per heavy atom. The molecule has 0 spiro atoms. The summed E-state index contributed by atoms with van der Waals surface area (Å²) in [6, 6.07) is 14.6. The first kappa shape index (κ1) is 16.3. The number of thiocarbonyl (C=S) groups is 1. The lowest BCUT2D eigenvalue weighted by molar-refractivity contribution is 0.473. The molecule has 0 bridgehead atoms. The summed E-state index contributed by atoms with van der Waals surface area (Å²) in [6.45, 7) is 0. The van der Waals surface area contributed by atoms with Gasteiger partial charge in [0.15, 0.2) is 5.11 Å². The van der Waals surface area contributed by atoms with Crippen LogP contribution in [0.4, 0.5) is 5.69 Å². The molecule has 126 valence electrons. The molecule has 1 aliphatic rings. The van der Waals surface area contributed by atoms with Crippen LogP contribution in [0.5, 0.6) is 5.75 Å². The number of nitrogens with one attached hydrogen (secondary N) is 1. The van der Waals surface area contributed by atoms with Crippen molar-refractivity contribution >= 4 is 46.0 Å². The Kier molecular flexibility index (Phi) is 4.33. The minimum atomic E-state index is -0.120. The third-order valence-corrected chi connectivity index (χ3v) is 5.62. The molecule has 0 aliphatic carbocycles. The van der Waals surface area contributed by atoms with Gasteiger partial charge >= 0.3 is 0 Å². The summed E-state index contributed by atoms with van der Waals surface area (Å²) in [5.74, 6) is 0.136. The minimum Gasteiger partial charge on any atom is -0.506 e. The highest BCUT2D eigenvalue weighted by Gasteiger charge is 2.42. The van der Waals surface area contributed by atoms with Gasteiger partial charge in [0, 0.05) is 16.1 Å². The van der Waals surface area contributed by atoms with Crippen LogP contribution < -0.4 is 10.2 Å². The van der Waals surface area contributed by atoms with Gasteiger partial charge in [0.1, 0.15) is 5.75 Å². The highest BCUT2D eigenvalue weighted by atomic mass is 35.5. The Morgan fingerprint density at radius 2 is 2.08 bits per heavy atom. The summed E-state index contributed by atoms with van der Waals surface area (Å²) in [5.41, 5.74) is 1.48. The number of phenolic OH excluding ortho intramolecular Hbond substituents is 1. The molecule has 0 unspecified atom stereocenters. The molecule has 0 radical (unpaired) electrons. The van der Waals surface area contributed by atoms with E-state index < -0.39 is 0 Å². The van der Waals surface area contributed by atoms with Gasteiger partial charge in [-0.2, -0.15) is 0 Å². The Morgan fingerprint density at radius 1 is 1.20 bits per heavy atom. The number of aromatic nitrogens is 1. The molecule has 2 N–H and O–H groups in total. The summed E-state index contributed by atoms with van der Waals surface area (Å²) in [7, 11) is 0. The number of hydrogen-bond donors (Lipinski definition) is 2. The molecular weight excluding hydrogens is 374 g/mol. The zero-order chi connectivity index (χ0) is 17.4. The molecule has 25 heavy (non-hydrogen) atoms. The topological polar surface area (TPSA) is 48.4 Å². The van der Waals surface area contributed by atoms with Gasteiger partial charge in [0.2, 0.25) is 0 Å². The molecule has 0 amide bonds. The molecule has 1 fully saturated rings. The fourth-order valence-corrected chi connectivity index (χ4v) is 4.41. The predicted octanol–water partition coefficient (Wildman–Crippen LogP) is 4.68. The number of halogens is 1. The van der Waals surface area contributed by atoms with Crippen molar-refractivity contribution in [3.63, 3.8) is 0 Å². The van der Waals surface area contributed by atoms with Crippen LogP contribution >= 0.6 is 35.2 Å². The summed E-state index contributed by atoms with van der Waals surface area (Å²) < 4.78 is 0. The molecule has 7 heteroatoms. The summed E-state index contributed by atoms with van der Waals surface area (Å²) in [4.78, 5) is 7.54. The van der Waals surface area contributed by atoms with Gasteiger partial charge in [-0.15, -0.1) is 11.3 Å². The molecule has 1 saturated heterocycles. The first-order valence-corrected chi connectivity index (χ1v) is 9.34. The summed E-state index contributed by atoms with van der Waals surface area (Å²) in [6.07, 6.45) is 1.77. The summed E-state index contributed by atoms with van der Waals surface area (Å²) in [5, 5.41) is 16.8. The van der Waals surface area contributed by atoms with E-state index in [9.17, 15) is 5.11 Å². The maximum Gasteiger partial charge on any atom is 0.174 e. The summed E-state index contributed by atoms with van der Waals surface area (Å²) >= 11 is 13.4. The van der Waals surface area contributed by atoms with Crippen LogP contribution in [-0.2, 0) is 0 Å². The first-order valence-electron chi connectivity index (χ1n) is 7.68. The van der Waals surface area contributed by atoms with Crippen LogP contribution in [0.15, 0.2) is 60.1 Å². The lowest BCUT2D eigenvalue weighted by atomic mass is 10.0. The van der Waals surface area contributed by atoms with Crippen LogP contribution in [0, 0.1) is 0 Å². The van der Waals surface area contributed by atoms with E-state index in [0.29, 0.717) is 15.8 Å². The van der Waals surface area contributed by atoms with E-state index in [0.717, 1.165) is 10.6 Å². The smallest absolute Gasteiger partial charge is 0.174 e. The zero-order valence-corrected chi connectivity index (χ0v) is 15.4. The average molecular weight is 388 g/mol. The number of nitrogens with zero attached hydrogens (tertiary/aromatic N) is 2. The predicted molar refractivity (Wildman–Crippen MR) is 105 cm³/mol. The Labute approximate surface area is 159 Å². The van der Waals surface area contributed by atoms with Gasteiger partial charge in [-0.1, -0.05) is 23.7 Å². The monoisotopic (exact) mass is 387 g/mol. The molecular formula is C18H14ClN3OS2. The maximum atomic E-state index is 10.4. The molecule has 4 rings (SSSR count). The van der Waals surface area contributed by atoms with Crippen LogP contribution in [0.3, 0.4) is 0 Å². The highest BCUT2D eigenvalue weighted by molar-refractivity contribution is 7.80. The van der Waals surface area contributed by atoms with Crippen molar-refractivity contribution in [2.24, 2.45) is 0 Å². The van der Waals surface area contributed by atoms with Gasteiger partial charge in [-0.3, -0.25) is 4.98 Å². The van der Waals surface area contributed by atoms with Gasteiger partial charge in [-0.05, 0) is 54.0 Å². The second kappa shape index (κ2) is 6.63. The molecule has 2 atom stereocenters. The van der Waals surface area contributed by atoms with Crippen LogP contribution in [-0.4, -0.2) is 15.2 Å². The molecule has 1 aromatic carbocycles. The van der Waals surface area contributed by atoms with E-state index in [1.54, 1.807) is 35.7 Å². The van der Waals surface area contributed by atoms with Crippen molar-refractivity contribution in [2.75, 3.05) is 4.90 Å². The second-order valence-corrected chi connectivity index (χ2v) is 7.45. The standard InChI is InChI=1S/C18H14ClN3OS2/c19-11-6-7-14(23)13(10-11)22-17(15-5-3-9-25-15)16(21-18(22)24)12-4-1-2-8-20-12/h1-10,16-17,23H,(H,21,24)/t16-,17+/m0/s1. The molecule has 2 aromatic heterocycles. The molecule has 0 saturated carbocycles. The average Bonchev–Trinajstić information content (AvgIpc) is 3.25. The van der Waals surface area contributed by atoms with Crippen LogP contribution in [0.25, 0.3) is 0 Å². The van der Waals surface area contributed by atoms with Gasteiger partial charge in [0.05, 0.1) is 23.5 Å². The highest BCUT2D eigenvalue weighted by Crippen LogP contribution is 2.45. The Balaban J connectivity index is 1.85. The van der Waals surface area contributed by atoms with E-state index in [1.165, 1.54) is 0 Å². The van der Waals surface area contributed by atoms with Crippen LogP contribution in [0.2, 0.25) is 5.02 Å². The number of hydrogen-bond acceptors (Lipinski definition) is 4.